The molecule has 0 radical (unpaired) electrons. The normalized spacial score (nSPS) is 10.2. The molecule has 2 aromatic rings. The standard InChI is InChI=1S/C11H9BrFN3/c1-7-8(12)3-2-4-9(7)16-11-5-10(13)14-6-15-11/h2-6H,1H3,(H,14,15,16). The SMILES string of the molecule is Cc1c(Br)cccc1Nc1cc(F)ncn1. The molecule has 0 aliphatic heterocycles. The van der Waals surface area contributed by atoms with Crippen molar-refractivity contribution < 1.29 is 4.39 Å². The Hall–Kier alpha value is -1.49. The topological polar surface area (TPSA) is 37.8 Å². The van der Waals surface area contributed by atoms with Crippen molar-refractivity contribution in [2.75, 3.05) is 5.32 Å². The third-order valence-corrected chi connectivity index (χ3v) is 3.02. The van der Waals surface area contributed by atoms with Gasteiger partial charge in [0.25, 0.3) is 0 Å². The summed E-state index contributed by atoms with van der Waals surface area (Å²) < 4.78 is 13.8. The molecule has 5 heteroatoms. The lowest BCUT2D eigenvalue weighted by Gasteiger charge is -2.09. The highest BCUT2D eigenvalue weighted by Gasteiger charge is 2.03. The van der Waals surface area contributed by atoms with Crippen molar-refractivity contribution in [3.63, 3.8) is 0 Å². The van der Waals surface area contributed by atoms with Crippen molar-refractivity contribution in [3.8, 4) is 0 Å². The molecular formula is C11H9BrFN3. The molecule has 0 aliphatic carbocycles. The Labute approximate surface area is 101 Å². The third kappa shape index (κ3) is 2.36. The highest BCUT2D eigenvalue weighted by molar-refractivity contribution is 9.10. The molecule has 1 N–H and O–H groups in total. The van der Waals surface area contributed by atoms with E-state index in [1.165, 1.54) is 12.4 Å². The Balaban J connectivity index is 2.31. The summed E-state index contributed by atoms with van der Waals surface area (Å²) in [5, 5.41) is 3.03. The van der Waals surface area contributed by atoms with Gasteiger partial charge in [0, 0.05) is 16.2 Å². The van der Waals surface area contributed by atoms with Crippen LogP contribution in [-0.2, 0) is 0 Å². The van der Waals surface area contributed by atoms with E-state index in [1.807, 2.05) is 25.1 Å². The van der Waals surface area contributed by atoms with Gasteiger partial charge in [0.05, 0.1) is 0 Å². The first kappa shape index (κ1) is 11.0. The van der Waals surface area contributed by atoms with Crippen LogP contribution in [0.2, 0.25) is 0 Å². The highest BCUT2D eigenvalue weighted by Crippen LogP contribution is 2.25. The molecule has 0 amide bonds. The zero-order valence-corrected chi connectivity index (χ0v) is 10.1. The van der Waals surface area contributed by atoms with Gasteiger partial charge in [-0.1, -0.05) is 22.0 Å². The zero-order valence-electron chi connectivity index (χ0n) is 8.54. The maximum absolute atomic E-state index is 12.8. The van der Waals surface area contributed by atoms with Gasteiger partial charge < -0.3 is 5.32 Å². The van der Waals surface area contributed by atoms with Gasteiger partial charge >= 0.3 is 0 Å². The third-order valence-electron chi connectivity index (χ3n) is 2.16. The van der Waals surface area contributed by atoms with E-state index in [0.717, 1.165) is 15.7 Å². The van der Waals surface area contributed by atoms with Crippen LogP contribution >= 0.6 is 15.9 Å². The number of anilines is 2. The van der Waals surface area contributed by atoms with E-state index < -0.39 is 5.95 Å². The number of halogens is 2. The minimum Gasteiger partial charge on any atom is -0.340 e. The van der Waals surface area contributed by atoms with Crippen molar-refractivity contribution >= 4 is 27.4 Å². The van der Waals surface area contributed by atoms with Gasteiger partial charge in [-0.25, -0.2) is 9.97 Å². The number of benzene rings is 1. The molecule has 1 aromatic heterocycles. The largest absolute Gasteiger partial charge is 0.340 e. The first-order valence-corrected chi connectivity index (χ1v) is 5.46. The zero-order chi connectivity index (χ0) is 11.5. The summed E-state index contributed by atoms with van der Waals surface area (Å²) in [5.74, 6) is -0.112. The van der Waals surface area contributed by atoms with Crippen LogP contribution in [0, 0.1) is 12.9 Å². The summed E-state index contributed by atoms with van der Waals surface area (Å²) in [7, 11) is 0. The van der Waals surface area contributed by atoms with Crippen LogP contribution in [0.3, 0.4) is 0 Å². The van der Waals surface area contributed by atoms with E-state index in [1.54, 1.807) is 0 Å². The summed E-state index contributed by atoms with van der Waals surface area (Å²) in [5.41, 5.74) is 1.92. The Morgan fingerprint density at radius 1 is 1.31 bits per heavy atom. The van der Waals surface area contributed by atoms with Crippen LogP contribution in [0.15, 0.2) is 35.1 Å². The van der Waals surface area contributed by atoms with Gasteiger partial charge in [0.15, 0.2) is 0 Å². The van der Waals surface area contributed by atoms with Crippen molar-refractivity contribution in [3.05, 3.63) is 46.6 Å². The number of rotatable bonds is 2. The summed E-state index contributed by atoms with van der Waals surface area (Å²) in [6, 6.07) is 7.00. The highest BCUT2D eigenvalue weighted by atomic mass is 79.9. The molecule has 1 heterocycles. The number of hydrogen-bond acceptors (Lipinski definition) is 3. The van der Waals surface area contributed by atoms with E-state index in [2.05, 4.69) is 31.2 Å². The van der Waals surface area contributed by atoms with Gasteiger partial charge in [-0.3, -0.25) is 0 Å². The van der Waals surface area contributed by atoms with Crippen molar-refractivity contribution in [1.82, 2.24) is 9.97 Å². The molecule has 1 aromatic carbocycles. The number of hydrogen-bond donors (Lipinski definition) is 1. The van der Waals surface area contributed by atoms with E-state index >= 15 is 0 Å². The lowest BCUT2D eigenvalue weighted by molar-refractivity contribution is 0.580. The van der Waals surface area contributed by atoms with Crippen LogP contribution in [0.4, 0.5) is 15.9 Å². The molecule has 0 saturated carbocycles. The second-order valence-electron chi connectivity index (χ2n) is 3.26. The second kappa shape index (κ2) is 4.57. The molecule has 0 unspecified atom stereocenters. The first-order chi connectivity index (χ1) is 7.66. The fourth-order valence-electron chi connectivity index (χ4n) is 1.28. The molecule has 2 rings (SSSR count). The fourth-order valence-corrected chi connectivity index (χ4v) is 1.65. The predicted molar refractivity (Wildman–Crippen MR) is 64.2 cm³/mol. The molecule has 3 nitrogen and oxygen atoms in total. The molecule has 0 bridgehead atoms. The molecule has 0 spiro atoms. The summed E-state index contributed by atoms with van der Waals surface area (Å²) >= 11 is 3.43. The summed E-state index contributed by atoms with van der Waals surface area (Å²) in [4.78, 5) is 7.32. The summed E-state index contributed by atoms with van der Waals surface area (Å²) in [6.07, 6.45) is 1.19. The van der Waals surface area contributed by atoms with Crippen LogP contribution < -0.4 is 5.32 Å². The van der Waals surface area contributed by atoms with Crippen LogP contribution in [0.25, 0.3) is 0 Å². The molecule has 0 fully saturated rings. The lowest BCUT2D eigenvalue weighted by Crippen LogP contribution is -1.97. The lowest BCUT2D eigenvalue weighted by atomic mass is 10.2. The predicted octanol–water partition coefficient (Wildman–Crippen LogP) is 3.43. The van der Waals surface area contributed by atoms with Crippen molar-refractivity contribution in [2.24, 2.45) is 0 Å². The Morgan fingerprint density at radius 2 is 2.12 bits per heavy atom. The van der Waals surface area contributed by atoms with Gasteiger partial charge in [-0.05, 0) is 24.6 Å². The smallest absolute Gasteiger partial charge is 0.218 e. The molecule has 0 saturated heterocycles. The van der Waals surface area contributed by atoms with Gasteiger partial charge in [-0.15, -0.1) is 0 Å². The number of nitrogens with zero attached hydrogens (tertiary/aromatic N) is 2. The molecular weight excluding hydrogens is 273 g/mol. The van der Waals surface area contributed by atoms with E-state index in [9.17, 15) is 4.39 Å². The van der Waals surface area contributed by atoms with E-state index in [4.69, 9.17) is 0 Å². The Morgan fingerprint density at radius 3 is 2.88 bits per heavy atom. The van der Waals surface area contributed by atoms with Crippen LogP contribution in [0.5, 0.6) is 0 Å². The average Bonchev–Trinajstić information content (AvgIpc) is 2.25. The minimum absolute atomic E-state index is 0.439. The van der Waals surface area contributed by atoms with E-state index in [0.29, 0.717) is 5.82 Å². The Bertz CT molecular complexity index is 516. The maximum atomic E-state index is 12.8. The van der Waals surface area contributed by atoms with Gasteiger partial charge in [0.1, 0.15) is 12.1 Å². The monoisotopic (exact) mass is 281 g/mol. The molecule has 0 atom stereocenters. The average molecular weight is 282 g/mol. The number of aromatic nitrogens is 2. The molecule has 82 valence electrons. The fraction of sp³-hybridized carbons (Fsp3) is 0.0909. The van der Waals surface area contributed by atoms with Gasteiger partial charge in [-0.2, -0.15) is 4.39 Å². The molecule has 0 aliphatic rings. The van der Waals surface area contributed by atoms with Gasteiger partial charge in [0.2, 0.25) is 5.95 Å². The first-order valence-electron chi connectivity index (χ1n) is 4.66. The maximum Gasteiger partial charge on any atom is 0.218 e. The second-order valence-corrected chi connectivity index (χ2v) is 4.12. The van der Waals surface area contributed by atoms with Crippen LogP contribution in [0.1, 0.15) is 5.56 Å². The Kier molecular flexibility index (Phi) is 3.14. The molecule has 16 heavy (non-hydrogen) atoms. The summed E-state index contributed by atoms with van der Waals surface area (Å²) in [6.45, 7) is 1.96. The van der Waals surface area contributed by atoms with Crippen molar-refractivity contribution in [2.45, 2.75) is 6.92 Å². The van der Waals surface area contributed by atoms with Crippen molar-refractivity contribution in [1.29, 1.82) is 0 Å². The minimum atomic E-state index is -0.551. The van der Waals surface area contributed by atoms with E-state index in [-0.39, 0.29) is 0 Å². The van der Waals surface area contributed by atoms with Crippen LogP contribution in [-0.4, -0.2) is 9.97 Å². The number of nitrogens with one attached hydrogen (secondary N) is 1. The quantitative estimate of drug-likeness (QED) is 0.857.